The van der Waals surface area contributed by atoms with E-state index in [-0.39, 0.29) is 5.54 Å². The third-order valence-electron chi connectivity index (χ3n) is 3.73. The van der Waals surface area contributed by atoms with Gasteiger partial charge in [-0.2, -0.15) is 0 Å². The number of ether oxygens (including phenoxy) is 1. The normalized spacial score (nSPS) is 17.6. The van der Waals surface area contributed by atoms with E-state index in [1.165, 1.54) is 16.7 Å². The van der Waals surface area contributed by atoms with Crippen molar-refractivity contribution >= 4 is 23.0 Å². The second-order valence-electron chi connectivity index (χ2n) is 5.90. The molecule has 3 nitrogen and oxygen atoms in total. The molecule has 4 heteroatoms. The van der Waals surface area contributed by atoms with Crippen molar-refractivity contribution in [3.63, 3.8) is 0 Å². The Balaban J connectivity index is 2.18. The quantitative estimate of drug-likeness (QED) is 0.796. The fraction of sp³-hybridized carbons (Fsp3) is 0.533. The highest BCUT2D eigenvalue weighted by Gasteiger charge is 2.34. The molecular formula is C15H22N2OS. The van der Waals surface area contributed by atoms with Gasteiger partial charge in [0.1, 0.15) is 6.73 Å². The van der Waals surface area contributed by atoms with Crippen LogP contribution in [-0.4, -0.2) is 28.9 Å². The Hall–Kier alpha value is -1.13. The molecule has 0 radical (unpaired) electrons. The maximum atomic E-state index is 5.52. The van der Waals surface area contributed by atoms with Crippen LogP contribution in [0.25, 0.3) is 0 Å². The van der Waals surface area contributed by atoms with E-state index in [1.54, 1.807) is 0 Å². The molecule has 0 aromatic heterocycles. The first-order chi connectivity index (χ1) is 8.81. The summed E-state index contributed by atoms with van der Waals surface area (Å²) < 4.78 is 5.50. The SMILES string of the molecule is Cc1cc(C)c(NC(=S)N2COCC2(C)C)cc1C. The lowest BCUT2D eigenvalue weighted by Crippen LogP contribution is -2.46. The molecule has 0 atom stereocenters. The molecule has 0 saturated carbocycles. The molecule has 0 amide bonds. The molecule has 1 aliphatic heterocycles. The minimum absolute atomic E-state index is 0.0439. The molecule has 0 spiro atoms. The predicted octanol–water partition coefficient (Wildman–Crippen LogP) is 3.38. The van der Waals surface area contributed by atoms with Gasteiger partial charge in [-0.15, -0.1) is 0 Å². The van der Waals surface area contributed by atoms with Crippen molar-refractivity contribution in [2.75, 3.05) is 18.7 Å². The third kappa shape index (κ3) is 2.90. The van der Waals surface area contributed by atoms with E-state index in [2.05, 4.69) is 57.0 Å². The summed E-state index contributed by atoms with van der Waals surface area (Å²) in [5, 5.41) is 4.08. The molecule has 1 aromatic carbocycles. The van der Waals surface area contributed by atoms with E-state index in [1.807, 2.05) is 0 Å². The summed E-state index contributed by atoms with van der Waals surface area (Å²) in [4.78, 5) is 2.09. The van der Waals surface area contributed by atoms with Crippen LogP contribution in [0.5, 0.6) is 0 Å². The Kier molecular flexibility index (Phi) is 3.83. The van der Waals surface area contributed by atoms with Gasteiger partial charge in [0.15, 0.2) is 5.11 Å². The number of rotatable bonds is 1. The van der Waals surface area contributed by atoms with Gasteiger partial charge < -0.3 is 15.0 Å². The molecule has 1 aromatic rings. The molecule has 1 saturated heterocycles. The van der Waals surface area contributed by atoms with Crippen LogP contribution in [-0.2, 0) is 4.74 Å². The number of nitrogens with one attached hydrogen (secondary N) is 1. The Bertz CT molecular complexity index is 511. The van der Waals surface area contributed by atoms with Crippen molar-refractivity contribution in [2.24, 2.45) is 0 Å². The monoisotopic (exact) mass is 278 g/mol. The average molecular weight is 278 g/mol. The summed E-state index contributed by atoms with van der Waals surface area (Å²) in [7, 11) is 0. The van der Waals surface area contributed by atoms with Gasteiger partial charge in [-0.05, 0) is 69.6 Å². The maximum absolute atomic E-state index is 5.52. The Morgan fingerprint density at radius 2 is 1.84 bits per heavy atom. The van der Waals surface area contributed by atoms with E-state index in [4.69, 9.17) is 17.0 Å². The van der Waals surface area contributed by atoms with E-state index in [0.717, 1.165) is 10.8 Å². The van der Waals surface area contributed by atoms with Gasteiger partial charge in [-0.25, -0.2) is 0 Å². The van der Waals surface area contributed by atoms with Crippen LogP contribution < -0.4 is 5.32 Å². The van der Waals surface area contributed by atoms with Crippen molar-refractivity contribution in [2.45, 2.75) is 40.2 Å². The number of benzene rings is 1. The minimum Gasteiger partial charge on any atom is -0.359 e. The number of aryl methyl sites for hydroxylation is 3. The van der Waals surface area contributed by atoms with Crippen LogP contribution >= 0.6 is 12.2 Å². The fourth-order valence-electron chi connectivity index (χ4n) is 2.25. The topological polar surface area (TPSA) is 24.5 Å². The first-order valence-electron chi connectivity index (χ1n) is 6.55. The molecule has 104 valence electrons. The summed E-state index contributed by atoms with van der Waals surface area (Å²) in [6, 6.07) is 4.34. The van der Waals surface area contributed by atoms with Crippen molar-refractivity contribution in [3.05, 3.63) is 28.8 Å². The highest BCUT2D eigenvalue weighted by Crippen LogP contribution is 2.25. The zero-order chi connectivity index (χ0) is 14.2. The first kappa shape index (κ1) is 14.3. The zero-order valence-corrected chi connectivity index (χ0v) is 13.1. The molecule has 19 heavy (non-hydrogen) atoms. The number of nitrogens with zero attached hydrogens (tertiary/aromatic N) is 1. The first-order valence-corrected chi connectivity index (χ1v) is 6.96. The highest BCUT2D eigenvalue weighted by atomic mass is 32.1. The third-order valence-corrected chi connectivity index (χ3v) is 4.06. The lowest BCUT2D eigenvalue weighted by Gasteiger charge is -2.31. The summed E-state index contributed by atoms with van der Waals surface area (Å²) in [5.41, 5.74) is 4.82. The second-order valence-corrected chi connectivity index (χ2v) is 6.29. The Morgan fingerprint density at radius 1 is 1.21 bits per heavy atom. The smallest absolute Gasteiger partial charge is 0.175 e. The predicted molar refractivity (Wildman–Crippen MR) is 83.6 cm³/mol. The summed E-state index contributed by atoms with van der Waals surface area (Å²) >= 11 is 5.52. The van der Waals surface area contributed by atoms with Crippen LogP contribution in [0.15, 0.2) is 12.1 Å². The van der Waals surface area contributed by atoms with Gasteiger partial charge in [-0.1, -0.05) is 6.07 Å². The molecule has 1 fully saturated rings. The van der Waals surface area contributed by atoms with E-state index >= 15 is 0 Å². The standard InChI is InChI=1S/C15H22N2OS/c1-10-6-12(3)13(7-11(10)2)16-14(19)17-9-18-8-15(17,4)5/h6-7H,8-9H2,1-5H3,(H,16,19). The molecule has 0 bridgehead atoms. The maximum Gasteiger partial charge on any atom is 0.175 e. The van der Waals surface area contributed by atoms with Crippen molar-refractivity contribution in [3.8, 4) is 0 Å². The Labute approximate surface area is 120 Å². The largest absolute Gasteiger partial charge is 0.359 e. The van der Waals surface area contributed by atoms with Crippen LogP contribution in [0.4, 0.5) is 5.69 Å². The van der Waals surface area contributed by atoms with Gasteiger partial charge in [0.2, 0.25) is 0 Å². The fourth-order valence-corrected chi connectivity index (χ4v) is 2.66. The lowest BCUT2D eigenvalue weighted by molar-refractivity contribution is 0.169. The lowest BCUT2D eigenvalue weighted by atomic mass is 10.0. The molecular weight excluding hydrogens is 256 g/mol. The van der Waals surface area contributed by atoms with E-state index < -0.39 is 0 Å². The minimum atomic E-state index is -0.0439. The van der Waals surface area contributed by atoms with Crippen LogP contribution in [0, 0.1) is 20.8 Å². The molecule has 2 rings (SSSR count). The van der Waals surface area contributed by atoms with Crippen molar-refractivity contribution in [1.82, 2.24) is 4.90 Å². The number of hydrogen-bond acceptors (Lipinski definition) is 2. The van der Waals surface area contributed by atoms with Gasteiger partial charge >= 0.3 is 0 Å². The van der Waals surface area contributed by atoms with Gasteiger partial charge in [0, 0.05) is 5.69 Å². The Morgan fingerprint density at radius 3 is 2.42 bits per heavy atom. The number of anilines is 1. The molecule has 1 aliphatic rings. The van der Waals surface area contributed by atoms with Crippen molar-refractivity contribution in [1.29, 1.82) is 0 Å². The number of thiocarbonyl (C=S) groups is 1. The molecule has 0 unspecified atom stereocenters. The highest BCUT2D eigenvalue weighted by molar-refractivity contribution is 7.80. The second kappa shape index (κ2) is 5.10. The molecule has 1 N–H and O–H groups in total. The average Bonchev–Trinajstić information content (AvgIpc) is 2.65. The summed E-state index contributed by atoms with van der Waals surface area (Å²) in [5.74, 6) is 0. The van der Waals surface area contributed by atoms with Gasteiger partial charge in [0.05, 0.1) is 12.1 Å². The van der Waals surface area contributed by atoms with Crippen molar-refractivity contribution < 1.29 is 4.74 Å². The summed E-state index contributed by atoms with van der Waals surface area (Å²) in [6.07, 6.45) is 0. The van der Waals surface area contributed by atoms with Gasteiger partial charge in [0.25, 0.3) is 0 Å². The van der Waals surface area contributed by atoms with Crippen LogP contribution in [0.2, 0.25) is 0 Å². The van der Waals surface area contributed by atoms with Crippen LogP contribution in [0.1, 0.15) is 30.5 Å². The summed E-state index contributed by atoms with van der Waals surface area (Å²) in [6.45, 7) is 11.9. The zero-order valence-electron chi connectivity index (χ0n) is 12.3. The molecule has 0 aliphatic carbocycles. The van der Waals surface area contributed by atoms with Gasteiger partial charge in [-0.3, -0.25) is 0 Å². The van der Waals surface area contributed by atoms with Crippen LogP contribution in [0.3, 0.4) is 0 Å². The van der Waals surface area contributed by atoms with E-state index in [9.17, 15) is 0 Å². The number of hydrogen-bond donors (Lipinski definition) is 1. The molecule has 1 heterocycles. The van der Waals surface area contributed by atoms with E-state index in [0.29, 0.717) is 13.3 Å².